The van der Waals surface area contributed by atoms with Crippen LogP contribution in [0.2, 0.25) is 0 Å². The SMILES string of the molecule is C[C@H]1CN(C(=O)O)c2cc(-c3ccc(S(=O)(=O)NC(C)(C)C)cc3)ccc2N1C(=O)CC1CCOCC1. The van der Waals surface area contributed by atoms with Gasteiger partial charge in [0.05, 0.1) is 22.3 Å². The number of anilines is 2. The van der Waals surface area contributed by atoms with Gasteiger partial charge in [-0.3, -0.25) is 9.69 Å². The first-order chi connectivity index (χ1) is 17.4. The number of rotatable bonds is 5. The Bertz CT molecular complexity index is 1260. The molecule has 2 aromatic rings. The summed E-state index contributed by atoms with van der Waals surface area (Å²) in [5.74, 6) is 0.246. The highest BCUT2D eigenvalue weighted by molar-refractivity contribution is 7.89. The summed E-state index contributed by atoms with van der Waals surface area (Å²) < 4.78 is 33.4. The number of amides is 2. The molecule has 0 unspecified atom stereocenters. The first-order valence-electron chi connectivity index (χ1n) is 12.5. The third kappa shape index (κ3) is 6.14. The highest BCUT2D eigenvalue weighted by atomic mass is 32.2. The minimum Gasteiger partial charge on any atom is -0.465 e. The van der Waals surface area contributed by atoms with Gasteiger partial charge in [-0.05, 0) is 81.8 Å². The summed E-state index contributed by atoms with van der Waals surface area (Å²) in [4.78, 5) is 28.6. The van der Waals surface area contributed by atoms with E-state index in [4.69, 9.17) is 4.74 Å². The molecule has 0 aliphatic carbocycles. The van der Waals surface area contributed by atoms with Crippen LogP contribution < -0.4 is 14.5 Å². The van der Waals surface area contributed by atoms with Gasteiger partial charge in [-0.15, -0.1) is 0 Å². The second-order valence-electron chi connectivity index (χ2n) is 10.8. The topological polar surface area (TPSA) is 116 Å². The lowest BCUT2D eigenvalue weighted by Crippen LogP contribution is -2.52. The maximum atomic E-state index is 13.4. The monoisotopic (exact) mass is 529 g/mol. The Hall–Kier alpha value is -2.95. The average molecular weight is 530 g/mol. The highest BCUT2D eigenvalue weighted by Crippen LogP contribution is 2.40. The predicted octanol–water partition coefficient (Wildman–Crippen LogP) is 4.47. The standard InChI is InChI=1S/C27H35N3O6S/c1-18-17-29(26(32)33)24-16-21(20-5-8-22(9-6-20)37(34,35)28-27(2,3)4)7-10-23(24)30(18)25(31)15-19-11-13-36-14-12-19/h5-10,16,18-19,28H,11-15,17H2,1-4H3,(H,32,33)/t18-/m0/s1. The van der Waals surface area contributed by atoms with Crippen LogP contribution in [-0.2, 0) is 19.6 Å². The summed E-state index contributed by atoms with van der Waals surface area (Å²) >= 11 is 0. The van der Waals surface area contributed by atoms with Crippen LogP contribution in [0.5, 0.6) is 0 Å². The minimum absolute atomic E-state index is 0.0145. The fraction of sp³-hybridized carbons (Fsp3) is 0.481. The Kier molecular flexibility index (Phi) is 7.64. The molecule has 1 saturated heterocycles. The van der Waals surface area contributed by atoms with Crippen LogP contribution in [0.1, 0.15) is 47.0 Å². The van der Waals surface area contributed by atoms with Crippen molar-refractivity contribution in [2.24, 2.45) is 5.92 Å². The van der Waals surface area contributed by atoms with Gasteiger partial charge in [0.2, 0.25) is 15.9 Å². The maximum absolute atomic E-state index is 13.4. The number of carbonyl (C=O) groups excluding carboxylic acids is 1. The molecule has 2 aliphatic rings. The molecule has 4 rings (SSSR count). The van der Waals surface area contributed by atoms with Crippen molar-refractivity contribution in [3.05, 3.63) is 42.5 Å². The third-order valence-electron chi connectivity index (χ3n) is 6.66. The molecule has 0 radical (unpaired) electrons. The number of fused-ring (bicyclic) bond motifs is 1. The molecule has 200 valence electrons. The van der Waals surface area contributed by atoms with Crippen molar-refractivity contribution >= 4 is 33.4 Å². The van der Waals surface area contributed by atoms with Crippen molar-refractivity contribution in [2.45, 2.75) is 63.4 Å². The molecule has 2 heterocycles. The maximum Gasteiger partial charge on any atom is 0.411 e. The van der Waals surface area contributed by atoms with Gasteiger partial charge in [-0.1, -0.05) is 18.2 Å². The van der Waals surface area contributed by atoms with Crippen molar-refractivity contribution in [3.63, 3.8) is 0 Å². The number of hydrogen-bond donors (Lipinski definition) is 2. The second kappa shape index (κ2) is 10.4. The van der Waals surface area contributed by atoms with E-state index in [0.717, 1.165) is 24.0 Å². The predicted molar refractivity (Wildman–Crippen MR) is 142 cm³/mol. The van der Waals surface area contributed by atoms with Gasteiger partial charge in [0.1, 0.15) is 0 Å². The van der Waals surface area contributed by atoms with Crippen LogP contribution in [0.25, 0.3) is 11.1 Å². The van der Waals surface area contributed by atoms with Crippen LogP contribution in [-0.4, -0.2) is 56.9 Å². The lowest BCUT2D eigenvalue weighted by Gasteiger charge is -2.41. The molecule has 0 aromatic heterocycles. The van der Waals surface area contributed by atoms with Crippen molar-refractivity contribution in [2.75, 3.05) is 29.6 Å². The molecule has 2 amide bonds. The normalized spacial score (nSPS) is 19.0. The summed E-state index contributed by atoms with van der Waals surface area (Å²) in [6.45, 7) is 8.68. The lowest BCUT2D eigenvalue weighted by atomic mass is 9.94. The number of carbonyl (C=O) groups is 2. The van der Waals surface area contributed by atoms with Gasteiger partial charge >= 0.3 is 6.09 Å². The molecule has 9 nitrogen and oxygen atoms in total. The molecule has 2 aliphatic heterocycles. The van der Waals surface area contributed by atoms with Gasteiger partial charge in [0, 0.05) is 31.7 Å². The Balaban J connectivity index is 1.65. The van der Waals surface area contributed by atoms with E-state index in [2.05, 4.69) is 4.72 Å². The Morgan fingerprint density at radius 2 is 1.65 bits per heavy atom. The summed E-state index contributed by atoms with van der Waals surface area (Å²) in [6, 6.07) is 11.5. The van der Waals surface area contributed by atoms with Gasteiger partial charge in [0.15, 0.2) is 0 Å². The quantitative estimate of drug-likeness (QED) is 0.591. The fourth-order valence-corrected chi connectivity index (χ4v) is 6.37. The Morgan fingerprint density at radius 3 is 2.24 bits per heavy atom. The van der Waals surface area contributed by atoms with E-state index >= 15 is 0 Å². The molecule has 1 atom stereocenters. The fourth-order valence-electron chi connectivity index (χ4n) is 4.95. The van der Waals surface area contributed by atoms with Gasteiger partial charge in [0.25, 0.3) is 0 Å². The van der Waals surface area contributed by atoms with E-state index in [0.29, 0.717) is 31.0 Å². The largest absolute Gasteiger partial charge is 0.465 e. The molecule has 0 bridgehead atoms. The highest BCUT2D eigenvalue weighted by Gasteiger charge is 2.36. The number of hydrogen-bond acceptors (Lipinski definition) is 5. The van der Waals surface area contributed by atoms with Crippen molar-refractivity contribution in [1.82, 2.24) is 4.72 Å². The lowest BCUT2D eigenvalue weighted by molar-refractivity contribution is -0.120. The summed E-state index contributed by atoms with van der Waals surface area (Å²) in [6.07, 6.45) is 1.01. The molecule has 2 aromatic carbocycles. The number of sulfonamides is 1. The summed E-state index contributed by atoms with van der Waals surface area (Å²) in [5, 5.41) is 9.90. The van der Waals surface area contributed by atoms with E-state index < -0.39 is 21.7 Å². The molecule has 0 spiro atoms. The van der Waals surface area contributed by atoms with E-state index in [1.54, 1.807) is 49.9 Å². The smallest absolute Gasteiger partial charge is 0.411 e. The number of nitrogens with one attached hydrogen (secondary N) is 1. The minimum atomic E-state index is -3.67. The number of ether oxygens (including phenoxy) is 1. The Morgan fingerprint density at radius 1 is 1.03 bits per heavy atom. The van der Waals surface area contributed by atoms with Crippen LogP contribution in [0, 0.1) is 5.92 Å². The Labute approximate surface area is 218 Å². The zero-order valence-corrected chi connectivity index (χ0v) is 22.5. The molecule has 1 fully saturated rings. The van der Waals surface area contributed by atoms with Crippen molar-refractivity contribution in [1.29, 1.82) is 0 Å². The molecular weight excluding hydrogens is 494 g/mol. The van der Waals surface area contributed by atoms with Gasteiger partial charge < -0.3 is 14.7 Å². The van der Waals surface area contributed by atoms with E-state index in [1.165, 1.54) is 17.0 Å². The van der Waals surface area contributed by atoms with E-state index in [1.807, 2.05) is 13.0 Å². The molecule has 37 heavy (non-hydrogen) atoms. The van der Waals surface area contributed by atoms with Gasteiger partial charge in [-0.25, -0.2) is 17.9 Å². The third-order valence-corrected chi connectivity index (χ3v) is 8.43. The number of carboxylic acid groups (broad SMARTS) is 1. The van der Waals surface area contributed by atoms with Gasteiger partial charge in [-0.2, -0.15) is 0 Å². The van der Waals surface area contributed by atoms with Crippen LogP contribution in [0.4, 0.5) is 16.2 Å². The van der Waals surface area contributed by atoms with E-state index in [-0.39, 0.29) is 29.3 Å². The van der Waals surface area contributed by atoms with Crippen LogP contribution in [0.3, 0.4) is 0 Å². The van der Waals surface area contributed by atoms with Crippen molar-refractivity contribution < 1.29 is 27.9 Å². The molecular formula is C27H35N3O6S. The molecule has 10 heteroatoms. The number of benzene rings is 2. The second-order valence-corrected chi connectivity index (χ2v) is 12.5. The van der Waals surface area contributed by atoms with E-state index in [9.17, 15) is 23.1 Å². The first-order valence-corrected chi connectivity index (χ1v) is 14.0. The van der Waals surface area contributed by atoms with Crippen LogP contribution in [0.15, 0.2) is 47.4 Å². The molecule has 0 saturated carbocycles. The van der Waals surface area contributed by atoms with Crippen molar-refractivity contribution in [3.8, 4) is 11.1 Å². The summed E-state index contributed by atoms with van der Waals surface area (Å²) in [7, 11) is -3.67. The summed E-state index contributed by atoms with van der Waals surface area (Å²) in [5.41, 5.74) is 1.86. The first kappa shape index (κ1) is 27.1. The van der Waals surface area contributed by atoms with Crippen LogP contribution >= 0.6 is 0 Å². The average Bonchev–Trinajstić information content (AvgIpc) is 2.82. The molecule has 2 N–H and O–H groups in total. The zero-order chi connectivity index (χ0) is 27.0. The zero-order valence-electron chi connectivity index (χ0n) is 21.7. The number of nitrogens with zero attached hydrogens (tertiary/aromatic N) is 2.